The molecule has 0 unspecified atom stereocenters. The minimum Gasteiger partial charge on any atom is -0.489 e. The summed E-state index contributed by atoms with van der Waals surface area (Å²) in [7, 11) is 1.43. The van der Waals surface area contributed by atoms with Crippen LogP contribution in [0.4, 0.5) is 18.9 Å². The minimum absolute atomic E-state index is 0.0137. The first-order chi connectivity index (χ1) is 17.9. The van der Waals surface area contributed by atoms with Crippen LogP contribution in [-0.2, 0) is 31.8 Å². The van der Waals surface area contributed by atoms with Gasteiger partial charge in [0.15, 0.2) is 6.61 Å². The Kier molecular flexibility index (Phi) is 11.0. The van der Waals surface area contributed by atoms with Crippen LogP contribution in [0, 0.1) is 31.1 Å². The zero-order valence-electron chi connectivity index (χ0n) is 22.1. The van der Waals surface area contributed by atoms with E-state index in [0.717, 1.165) is 42.6 Å². The van der Waals surface area contributed by atoms with Gasteiger partial charge in [0.25, 0.3) is 5.91 Å². The number of nitrogens with one attached hydrogen (secondary N) is 1. The zero-order chi connectivity index (χ0) is 28.5. The average Bonchev–Trinajstić information content (AvgIpc) is 3.11. The van der Waals surface area contributed by atoms with Gasteiger partial charge >= 0.3 is 12.1 Å². The third kappa shape index (κ3) is 8.66. The number of hydrogen-bond donors (Lipinski definition) is 1. The number of amides is 1. The molecule has 0 aliphatic rings. The van der Waals surface area contributed by atoms with Crippen LogP contribution in [0.25, 0.3) is 6.08 Å². The Bertz CT molecular complexity index is 1210. The van der Waals surface area contributed by atoms with Gasteiger partial charge in [0, 0.05) is 25.0 Å². The van der Waals surface area contributed by atoms with Crippen LogP contribution in [0.1, 0.15) is 42.8 Å². The van der Waals surface area contributed by atoms with Crippen molar-refractivity contribution >= 4 is 23.6 Å². The number of alkyl halides is 3. The van der Waals surface area contributed by atoms with Gasteiger partial charge in [0.05, 0.1) is 17.9 Å². The maximum absolute atomic E-state index is 13.2. The maximum atomic E-state index is 13.2. The Morgan fingerprint density at radius 1 is 1.18 bits per heavy atom. The molecule has 11 heteroatoms. The molecule has 206 valence electrons. The van der Waals surface area contributed by atoms with Crippen molar-refractivity contribution in [3.05, 3.63) is 52.4 Å². The summed E-state index contributed by atoms with van der Waals surface area (Å²) in [4.78, 5) is 24.9. The third-order valence-electron chi connectivity index (χ3n) is 5.64. The second-order valence-electron chi connectivity index (χ2n) is 9.00. The van der Waals surface area contributed by atoms with Crippen LogP contribution >= 0.6 is 0 Å². The predicted molar refractivity (Wildman–Crippen MR) is 135 cm³/mol. The van der Waals surface area contributed by atoms with Gasteiger partial charge in [-0.15, -0.1) is 0 Å². The normalized spacial score (nSPS) is 11.8. The summed E-state index contributed by atoms with van der Waals surface area (Å²) in [6.45, 7) is 8.24. The Hall–Kier alpha value is -3.78. The number of aryl methyl sites for hydroxylation is 1. The summed E-state index contributed by atoms with van der Waals surface area (Å²) in [5.41, 5.74) is 0.970. The molecule has 0 spiro atoms. The van der Waals surface area contributed by atoms with E-state index in [0.29, 0.717) is 11.5 Å². The predicted octanol–water partition coefficient (Wildman–Crippen LogP) is 5.28. The number of aromatic nitrogens is 1. The summed E-state index contributed by atoms with van der Waals surface area (Å²) in [5.74, 6) is -1.44. The first-order valence-corrected chi connectivity index (χ1v) is 12.0. The molecule has 0 bridgehead atoms. The van der Waals surface area contributed by atoms with Crippen LogP contribution in [0.15, 0.2) is 29.8 Å². The third-order valence-corrected chi connectivity index (χ3v) is 5.64. The molecule has 0 aliphatic carbocycles. The molecule has 0 saturated heterocycles. The molecule has 0 radical (unpaired) electrons. The molecule has 2 aromatic rings. The van der Waals surface area contributed by atoms with Crippen molar-refractivity contribution in [3.8, 4) is 11.8 Å². The van der Waals surface area contributed by atoms with Crippen molar-refractivity contribution in [2.75, 3.05) is 32.2 Å². The van der Waals surface area contributed by atoms with Crippen LogP contribution in [0.2, 0.25) is 0 Å². The van der Waals surface area contributed by atoms with Crippen LogP contribution in [0.5, 0.6) is 5.75 Å². The lowest BCUT2D eigenvalue weighted by molar-refractivity contribution is -0.142. The average molecular weight is 536 g/mol. The quantitative estimate of drug-likeness (QED) is 0.172. The van der Waals surface area contributed by atoms with Gasteiger partial charge in [-0.3, -0.25) is 4.79 Å². The molecule has 2 rings (SSSR count). The van der Waals surface area contributed by atoms with Gasteiger partial charge in [-0.05, 0) is 62.1 Å². The van der Waals surface area contributed by atoms with Crippen molar-refractivity contribution in [2.24, 2.45) is 5.92 Å². The highest BCUT2D eigenvalue weighted by atomic mass is 19.4. The summed E-state index contributed by atoms with van der Waals surface area (Å²) in [6, 6.07) is 6.25. The molecule has 0 fully saturated rings. The number of rotatable bonds is 12. The first kappa shape index (κ1) is 30.4. The largest absolute Gasteiger partial charge is 0.489 e. The van der Waals surface area contributed by atoms with E-state index in [9.17, 15) is 28.0 Å². The lowest BCUT2D eigenvalue weighted by Gasteiger charge is -2.15. The number of anilines is 1. The van der Waals surface area contributed by atoms with E-state index >= 15 is 0 Å². The monoisotopic (exact) mass is 535 g/mol. The molecule has 0 aliphatic heterocycles. The van der Waals surface area contributed by atoms with E-state index in [1.165, 1.54) is 13.2 Å². The highest BCUT2D eigenvalue weighted by molar-refractivity contribution is 6.00. The number of methoxy groups -OCH3 is 1. The Morgan fingerprint density at radius 2 is 1.89 bits per heavy atom. The summed E-state index contributed by atoms with van der Waals surface area (Å²) in [5, 5.41) is 11.8. The topological polar surface area (TPSA) is 103 Å². The number of carbonyl (C=O) groups is 2. The Balaban J connectivity index is 2.12. The zero-order valence-corrected chi connectivity index (χ0v) is 22.1. The highest BCUT2D eigenvalue weighted by Gasteiger charge is 2.31. The molecule has 38 heavy (non-hydrogen) atoms. The number of halogens is 3. The van der Waals surface area contributed by atoms with Crippen molar-refractivity contribution in [1.82, 2.24) is 4.57 Å². The van der Waals surface area contributed by atoms with Crippen LogP contribution in [0.3, 0.4) is 0 Å². The highest BCUT2D eigenvalue weighted by Crippen LogP contribution is 2.35. The fraction of sp³-hybridized carbons (Fsp3) is 0.444. The van der Waals surface area contributed by atoms with Gasteiger partial charge < -0.3 is 24.1 Å². The van der Waals surface area contributed by atoms with Gasteiger partial charge in [-0.1, -0.05) is 13.8 Å². The molecule has 1 heterocycles. The van der Waals surface area contributed by atoms with Gasteiger partial charge in [0.1, 0.15) is 24.0 Å². The molecule has 1 aromatic heterocycles. The second kappa shape index (κ2) is 13.7. The number of carbonyl (C=O) groups excluding carboxylic acids is 2. The molecule has 8 nitrogen and oxygen atoms in total. The molecule has 1 N–H and O–H groups in total. The van der Waals surface area contributed by atoms with E-state index in [1.807, 2.05) is 19.9 Å². The summed E-state index contributed by atoms with van der Waals surface area (Å²) in [6.07, 6.45) is -2.29. The van der Waals surface area contributed by atoms with Gasteiger partial charge in [-0.2, -0.15) is 18.4 Å². The number of nitriles is 1. The molecular weight excluding hydrogens is 503 g/mol. The van der Waals surface area contributed by atoms with Crippen molar-refractivity contribution in [3.63, 3.8) is 0 Å². The molecule has 1 amide bonds. The van der Waals surface area contributed by atoms with E-state index in [-0.39, 0.29) is 30.2 Å². The van der Waals surface area contributed by atoms with Crippen molar-refractivity contribution in [2.45, 2.75) is 46.8 Å². The Labute approximate surface area is 220 Å². The van der Waals surface area contributed by atoms with Crippen LogP contribution < -0.4 is 10.1 Å². The lowest BCUT2D eigenvalue weighted by atomic mass is 10.1. The summed E-state index contributed by atoms with van der Waals surface area (Å²) < 4.78 is 56.8. The number of nitrogens with zero attached hydrogens (tertiary/aromatic N) is 2. The number of benzene rings is 1. The smallest absolute Gasteiger partial charge is 0.416 e. The fourth-order valence-electron chi connectivity index (χ4n) is 3.56. The molecular formula is C27H32F3N3O5. The van der Waals surface area contributed by atoms with Crippen molar-refractivity contribution < 1.29 is 37.0 Å². The number of hydrogen-bond acceptors (Lipinski definition) is 6. The van der Waals surface area contributed by atoms with Gasteiger partial charge in [0.2, 0.25) is 0 Å². The van der Waals surface area contributed by atoms with E-state index < -0.39 is 30.2 Å². The fourth-order valence-corrected chi connectivity index (χ4v) is 3.56. The number of ether oxygens (including phenoxy) is 3. The number of esters is 1. The van der Waals surface area contributed by atoms with E-state index in [4.69, 9.17) is 14.2 Å². The van der Waals surface area contributed by atoms with Gasteiger partial charge in [-0.25, -0.2) is 4.79 Å². The molecule has 1 aromatic carbocycles. The SMILES string of the molecule is COCCOc1ccc(C(F)(F)F)cc1NC(=O)COC(=O)/C(C#N)=C/c1cc(C)n(CCC(C)C)c1C. The standard InChI is InChI=1S/C27H32F3N3O5/c1-17(2)8-9-33-18(3)12-20(19(33)4)13-21(15-31)26(35)38-16-25(34)32-23-14-22(27(28,29)30)6-7-24(23)37-11-10-36-5/h6-7,12-14,17H,8-11,16H2,1-5H3,(H,32,34)/b21-13+. The minimum atomic E-state index is -4.65. The summed E-state index contributed by atoms with van der Waals surface area (Å²) >= 11 is 0. The Morgan fingerprint density at radius 3 is 2.50 bits per heavy atom. The van der Waals surface area contributed by atoms with Crippen LogP contribution in [-0.4, -0.2) is 43.4 Å². The molecule has 0 saturated carbocycles. The van der Waals surface area contributed by atoms with E-state index in [1.54, 1.807) is 6.07 Å². The second-order valence-corrected chi connectivity index (χ2v) is 9.00. The van der Waals surface area contributed by atoms with E-state index in [2.05, 4.69) is 23.7 Å². The molecule has 0 atom stereocenters. The first-order valence-electron chi connectivity index (χ1n) is 12.0. The maximum Gasteiger partial charge on any atom is 0.416 e. The lowest BCUT2D eigenvalue weighted by Crippen LogP contribution is -2.22. The van der Waals surface area contributed by atoms with Crippen molar-refractivity contribution in [1.29, 1.82) is 5.26 Å².